The van der Waals surface area contributed by atoms with Gasteiger partial charge in [-0.3, -0.25) is 9.59 Å². The van der Waals surface area contributed by atoms with Crippen LogP contribution < -0.4 is 0 Å². The Morgan fingerprint density at radius 3 is 2.54 bits per heavy atom. The number of carbonyl (C=O) groups excluding carboxylic acids is 2. The number of thioether (sulfide) groups is 1. The van der Waals surface area contributed by atoms with Crippen molar-refractivity contribution in [3.8, 4) is 6.07 Å². The van der Waals surface area contributed by atoms with Crippen LogP contribution in [0, 0.1) is 29.1 Å². The van der Waals surface area contributed by atoms with E-state index < -0.39 is 5.92 Å². The number of rotatable bonds is 7. The van der Waals surface area contributed by atoms with Gasteiger partial charge in [-0.05, 0) is 26.2 Å². The highest BCUT2D eigenvalue weighted by atomic mass is 32.2. The topological polar surface area (TPSA) is 79.5 Å². The van der Waals surface area contributed by atoms with Gasteiger partial charge in [-0.1, -0.05) is 55.9 Å². The standard InChI is InChI=1S/C22H26N2O3S/c1-5-27-19(25)13-28-22-18(12-23)17(11-14(2)3)20(15(4)24-22)21(26)16-9-7-6-8-10-16/h6-10,14,17-18H,5,11,13H2,1-4H3/t17-,18?/m1/s1. The maximum atomic E-state index is 13.2. The summed E-state index contributed by atoms with van der Waals surface area (Å²) in [4.78, 5) is 29.5. The summed E-state index contributed by atoms with van der Waals surface area (Å²) in [6.07, 6.45) is 0.697. The van der Waals surface area contributed by atoms with Crippen LogP contribution in [0.3, 0.4) is 0 Å². The fourth-order valence-corrected chi connectivity index (χ4v) is 4.29. The molecule has 0 saturated heterocycles. The summed E-state index contributed by atoms with van der Waals surface area (Å²) < 4.78 is 4.97. The minimum absolute atomic E-state index is 0.0813. The van der Waals surface area contributed by atoms with E-state index in [-0.39, 0.29) is 23.4 Å². The van der Waals surface area contributed by atoms with Gasteiger partial charge in [0.05, 0.1) is 23.5 Å². The van der Waals surface area contributed by atoms with Gasteiger partial charge in [-0.15, -0.1) is 0 Å². The van der Waals surface area contributed by atoms with Gasteiger partial charge in [0.25, 0.3) is 0 Å². The maximum absolute atomic E-state index is 13.2. The highest BCUT2D eigenvalue weighted by Crippen LogP contribution is 2.39. The number of ketones is 1. The molecule has 2 atom stereocenters. The second-order valence-corrected chi connectivity index (χ2v) is 8.08. The van der Waals surface area contributed by atoms with Crippen LogP contribution in [-0.4, -0.2) is 29.2 Å². The zero-order valence-corrected chi connectivity index (χ0v) is 17.6. The zero-order chi connectivity index (χ0) is 20.7. The summed E-state index contributed by atoms with van der Waals surface area (Å²) in [5.74, 6) is -0.800. The molecule has 0 spiro atoms. The number of esters is 1. The number of nitrogens with zero attached hydrogens (tertiary/aromatic N) is 2. The van der Waals surface area contributed by atoms with E-state index in [0.717, 1.165) is 0 Å². The van der Waals surface area contributed by atoms with Gasteiger partial charge in [-0.25, -0.2) is 4.99 Å². The van der Waals surface area contributed by atoms with Gasteiger partial charge >= 0.3 is 5.97 Å². The van der Waals surface area contributed by atoms with E-state index in [9.17, 15) is 14.9 Å². The Balaban J connectivity index is 2.42. The van der Waals surface area contributed by atoms with E-state index in [0.29, 0.717) is 40.8 Å². The number of nitriles is 1. The molecule has 0 saturated carbocycles. The monoisotopic (exact) mass is 398 g/mol. The van der Waals surface area contributed by atoms with Crippen molar-refractivity contribution in [2.45, 2.75) is 34.1 Å². The summed E-state index contributed by atoms with van der Waals surface area (Å²) in [6, 6.07) is 11.4. The number of allylic oxidation sites excluding steroid dienone is 2. The first kappa shape index (κ1) is 21.9. The van der Waals surface area contributed by atoms with E-state index in [1.54, 1.807) is 19.1 Å². The normalized spacial score (nSPS) is 19.2. The Labute approximate surface area is 170 Å². The molecule has 1 heterocycles. The highest BCUT2D eigenvalue weighted by molar-refractivity contribution is 8.14. The van der Waals surface area contributed by atoms with Gasteiger partial charge in [0, 0.05) is 22.8 Å². The van der Waals surface area contributed by atoms with E-state index in [1.807, 2.05) is 25.1 Å². The molecule has 0 aliphatic carbocycles. The lowest BCUT2D eigenvalue weighted by atomic mass is 9.76. The lowest BCUT2D eigenvalue weighted by Gasteiger charge is -2.31. The molecule has 1 aliphatic heterocycles. The molecule has 2 rings (SSSR count). The summed E-state index contributed by atoms with van der Waals surface area (Å²) in [6.45, 7) is 8.03. The van der Waals surface area contributed by atoms with Crippen LogP contribution in [0.15, 0.2) is 46.6 Å². The molecule has 5 nitrogen and oxygen atoms in total. The summed E-state index contributed by atoms with van der Waals surface area (Å²) in [5, 5.41) is 10.5. The first-order valence-corrected chi connectivity index (χ1v) is 10.4. The fourth-order valence-electron chi connectivity index (χ4n) is 3.34. The van der Waals surface area contributed by atoms with Crippen LogP contribution in [-0.2, 0) is 9.53 Å². The second-order valence-electron chi connectivity index (χ2n) is 7.08. The first-order chi connectivity index (χ1) is 13.4. The Morgan fingerprint density at radius 2 is 1.96 bits per heavy atom. The number of hydrogen-bond acceptors (Lipinski definition) is 6. The SMILES string of the molecule is CCOC(=O)CSC1=NC(C)=C(C(=O)c2ccccc2)[C@H](CC(C)C)C1C#N. The fraction of sp³-hybridized carbons (Fsp3) is 0.455. The van der Waals surface area contributed by atoms with Crippen LogP contribution >= 0.6 is 11.8 Å². The molecule has 0 bridgehead atoms. The minimum Gasteiger partial charge on any atom is -0.465 e. The van der Waals surface area contributed by atoms with Crippen molar-refractivity contribution in [1.82, 2.24) is 0 Å². The number of Topliss-reactive ketones (excluding diaryl/α,β-unsaturated/α-hetero) is 1. The van der Waals surface area contributed by atoms with Crippen LogP contribution in [0.2, 0.25) is 0 Å². The third kappa shape index (κ3) is 5.32. The summed E-state index contributed by atoms with van der Waals surface area (Å²) in [5.41, 5.74) is 1.82. The molecule has 1 aromatic carbocycles. The van der Waals surface area contributed by atoms with Crippen molar-refractivity contribution in [1.29, 1.82) is 5.26 Å². The Kier molecular flexibility index (Phi) is 8.01. The quantitative estimate of drug-likeness (QED) is 0.493. The first-order valence-electron chi connectivity index (χ1n) is 9.46. The van der Waals surface area contributed by atoms with E-state index >= 15 is 0 Å². The molecule has 6 heteroatoms. The molecule has 0 radical (unpaired) electrons. The molecule has 0 fully saturated rings. The smallest absolute Gasteiger partial charge is 0.316 e. The predicted octanol–water partition coefficient (Wildman–Crippen LogP) is 4.65. The van der Waals surface area contributed by atoms with Crippen LogP contribution in [0.25, 0.3) is 0 Å². The summed E-state index contributed by atoms with van der Waals surface area (Å²) >= 11 is 1.23. The average molecular weight is 399 g/mol. The minimum atomic E-state index is -0.548. The van der Waals surface area contributed by atoms with Gasteiger partial charge in [-0.2, -0.15) is 5.26 Å². The predicted molar refractivity (Wildman–Crippen MR) is 112 cm³/mol. The molecular formula is C22H26N2O3S. The lowest BCUT2D eigenvalue weighted by Crippen LogP contribution is -2.31. The second kappa shape index (κ2) is 10.2. The third-order valence-corrected chi connectivity index (χ3v) is 5.52. The van der Waals surface area contributed by atoms with E-state index in [1.165, 1.54) is 11.8 Å². The molecule has 1 unspecified atom stereocenters. The highest BCUT2D eigenvalue weighted by Gasteiger charge is 2.38. The van der Waals surface area contributed by atoms with Crippen molar-refractivity contribution in [3.05, 3.63) is 47.2 Å². The molecule has 0 amide bonds. The zero-order valence-electron chi connectivity index (χ0n) is 16.8. The number of ether oxygens (including phenoxy) is 1. The number of hydrogen-bond donors (Lipinski definition) is 0. The van der Waals surface area contributed by atoms with Crippen molar-refractivity contribution >= 4 is 28.6 Å². The van der Waals surface area contributed by atoms with Crippen LogP contribution in [0.4, 0.5) is 0 Å². The number of carbonyl (C=O) groups is 2. The van der Waals surface area contributed by atoms with E-state index in [2.05, 4.69) is 24.9 Å². The lowest BCUT2D eigenvalue weighted by molar-refractivity contribution is -0.139. The van der Waals surface area contributed by atoms with Crippen LogP contribution in [0.1, 0.15) is 44.5 Å². The number of aliphatic imine (C=N–C) groups is 1. The van der Waals surface area contributed by atoms with E-state index in [4.69, 9.17) is 4.74 Å². The van der Waals surface area contributed by atoms with Crippen molar-refractivity contribution in [2.75, 3.05) is 12.4 Å². The molecule has 148 valence electrons. The molecule has 28 heavy (non-hydrogen) atoms. The molecule has 0 aromatic heterocycles. The molecule has 1 aliphatic rings. The van der Waals surface area contributed by atoms with Crippen molar-refractivity contribution in [3.63, 3.8) is 0 Å². The van der Waals surface area contributed by atoms with Crippen molar-refractivity contribution in [2.24, 2.45) is 22.7 Å². The van der Waals surface area contributed by atoms with Gasteiger partial charge in [0.1, 0.15) is 5.92 Å². The third-order valence-electron chi connectivity index (χ3n) is 4.50. The Hall–Kier alpha value is -2.39. The molecule has 0 N–H and O–H groups in total. The maximum Gasteiger partial charge on any atom is 0.316 e. The number of benzene rings is 1. The van der Waals surface area contributed by atoms with Crippen LogP contribution in [0.5, 0.6) is 0 Å². The van der Waals surface area contributed by atoms with Gasteiger partial charge in [0.2, 0.25) is 0 Å². The van der Waals surface area contributed by atoms with Crippen molar-refractivity contribution < 1.29 is 14.3 Å². The Bertz CT molecular complexity index is 822. The van der Waals surface area contributed by atoms with Gasteiger partial charge in [0.15, 0.2) is 5.78 Å². The summed E-state index contributed by atoms with van der Waals surface area (Å²) in [7, 11) is 0. The molecule has 1 aromatic rings. The van der Waals surface area contributed by atoms with Gasteiger partial charge < -0.3 is 4.74 Å². The average Bonchev–Trinajstić information content (AvgIpc) is 2.66. The molecular weight excluding hydrogens is 372 g/mol. The Morgan fingerprint density at radius 1 is 1.29 bits per heavy atom. The largest absolute Gasteiger partial charge is 0.465 e.